The molecule has 1 aromatic carbocycles. The highest BCUT2D eigenvalue weighted by atomic mass is 35.5. The number of benzene rings is 1. The first-order valence-electron chi connectivity index (χ1n) is 9.23. The average Bonchev–Trinajstić information content (AvgIpc) is 2.63. The highest BCUT2D eigenvalue weighted by Gasteiger charge is 2.34. The van der Waals surface area contributed by atoms with E-state index in [1.807, 2.05) is 0 Å². The second-order valence-corrected chi connectivity index (χ2v) is 10.4. The zero-order chi connectivity index (χ0) is 22.1. The lowest BCUT2D eigenvalue weighted by Gasteiger charge is -2.28. The first-order chi connectivity index (χ1) is 14.0. The molecule has 8 nitrogen and oxygen atoms in total. The third-order valence-electron chi connectivity index (χ3n) is 4.36. The summed E-state index contributed by atoms with van der Waals surface area (Å²) in [7, 11) is -3.63. The largest absolute Gasteiger partial charge is 0.444 e. The van der Waals surface area contributed by atoms with Gasteiger partial charge in [-0.1, -0.05) is 11.6 Å². The minimum atomic E-state index is -3.63. The quantitative estimate of drug-likeness (QED) is 0.734. The van der Waals surface area contributed by atoms with Crippen LogP contribution in [0.5, 0.6) is 0 Å². The van der Waals surface area contributed by atoms with Gasteiger partial charge in [0.2, 0.25) is 0 Å². The van der Waals surface area contributed by atoms with Gasteiger partial charge in [-0.2, -0.15) is 0 Å². The van der Waals surface area contributed by atoms with Crippen molar-refractivity contribution in [2.45, 2.75) is 43.7 Å². The number of aromatic nitrogens is 1. The van der Waals surface area contributed by atoms with Gasteiger partial charge < -0.3 is 15.4 Å². The van der Waals surface area contributed by atoms with Crippen molar-refractivity contribution in [1.82, 2.24) is 10.3 Å². The molecule has 30 heavy (non-hydrogen) atoms. The maximum atomic E-state index is 12.7. The van der Waals surface area contributed by atoms with Crippen LogP contribution in [0.1, 0.15) is 49.2 Å². The first-order valence-corrected chi connectivity index (χ1v) is 11.3. The molecule has 1 unspecified atom stereocenters. The molecule has 0 saturated heterocycles. The average molecular weight is 452 g/mol. The Kier molecular flexibility index (Phi) is 6.05. The van der Waals surface area contributed by atoms with Crippen molar-refractivity contribution in [1.29, 1.82) is 0 Å². The van der Waals surface area contributed by atoms with Gasteiger partial charge >= 0.3 is 6.09 Å². The first kappa shape index (κ1) is 22.0. The number of hydrogen-bond acceptors (Lipinski definition) is 6. The summed E-state index contributed by atoms with van der Waals surface area (Å²) in [6.07, 6.45) is 2.55. The SMILES string of the molecule is CC(C)(C)OC(=O)NC1CCS(=O)(=O)c2cc(C(=O)Nc3ccncc3)c(Cl)cc21. The van der Waals surface area contributed by atoms with Gasteiger partial charge in [0.05, 0.1) is 27.3 Å². The van der Waals surface area contributed by atoms with E-state index in [4.69, 9.17) is 16.3 Å². The number of hydrogen-bond donors (Lipinski definition) is 2. The van der Waals surface area contributed by atoms with E-state index in [0.29, 0.717) is 11.3 Å². The van der Waals surface area contributed by atoms with Crippen LogP contribution < -0.4 is 10.6 Å². The summed E-state index contributed by atoms with van der Waals surface area (Å²) >= 11 is 6.31. The Labute approximate surface area is 179 Å². The summed E-state index contributed by atoms with van der Waals surface area (Å²) in [5, 5.41) is 5.43. The molecule has 2 aromatic rings. The summed E-state index contributed by atoms with van der Waals surface area (Å²) in [6.45, 7) is 5.20. The minimum Gasteiger partial charge on any atom is -0.444 e. The summed E-state index contributed by atoms with van der Waals surface area (Å²) < 4.78 is 30.6. The zero-order valence-electron chi connectivity index (χ0n) is 16.7. The molecular weight excluding hydrogens is 430 g/mol. The third-order valence-corrected chi connectivity index (χ3v) is 6.47. The number of halogens is 1. The third kappa shape index (κ3) is 5.09. The predicted octanol–water partition coefficient (Wildman–Crippen LogP) is 3.73. The van der Waals surface area contributed by atoms with Gasteiger partial charge in [0.25, 0.3) is 5.91 Å². The van der Waals surface area contributed by atoms with Gasteiger partial charge in [-0.3, -0.25) is 9.78 Å². The number of pyridine rings is 1. The molecule has 0 saturated carbocycles. The standard InChI is InChI=1S/C20H22ClN3O5S/c1-20(2,3)29-19(26)24-16-6-9-30(27,28)17-11-13(15(21)10-14(16)17)18(25)23-12-4-7-22-8-5-12/h4-5,7-8,10-11,16H,6,9H2,1-3H3,(H,24,26)(H,22,23,25). The van der Waals surface area contributed by atoms with Crippen LogP contribution in [0.4, 0.5) is 10.5 Å². The van der Waals surface area contributed by atoms with Gasteiger partial charge in [0.15, 0.2) is 9.84 Å². The number of amides is 2. The zero-order valence-corrected chi connectivity index (χ0v) is 18.3. The van der Waals surface area contributed by atoms with E-state index in [2.05, 4.69) is 15.6 Å². The Morgan fingerprint density at radius 1 is 1.20 bits per heavy atom. The second-order valence-electron chi connectivity index (χ2n) is 7.87. The van der Waals surface area contributed by atoms with Crippen LogP contribution in [0.2, 0.25) is 5.02 Å². The summed E-state index contributed by atoms with van der Waals surface area (Å²) in [4.78, 5) is 28.7. The molecule has 160 valence electrons. The number of nitrogens with one attached hydrogen (secondary N) is 2. The molecule has 0 aliphatic carbocycles. The lowest BCUT2D eigenvalue weighted by Crippen LogP contribution is -2.38. The van der Waals surface area contributed by atoms with Crippen LogP contribution >= 0.6 is 11.6 Å². The molecule has 1 atom stereocenters. The molecule has 1 aliphatic rings. The molecular formula is C20H22ClN3O5S. The smallest absolute Gasteiger partial charge is 0.408 e. The van der Waals surface area contributed by atoms with E-state index in [0.717, 1.165) is 0 Å². The van der Waals surface area contributed by atoms with Crippen LogP contribution in [-0.2, 0) is 14.6 Å². The van der Waals surface area contributed by atoms with Crippen molar-refractivity contribution < 1.29 is 22.7 Å². The molecule has 0 fully saturated rings. The van der Waals surface area contributed by atoms with E-state index < -0.39 is 33.5 Å². The van der Waals surface area contributed by atoms with Gasteiger partial charge in [0.1, 0.15) is 5.60 Å². The maximum Gasteiger partial charge on any atom is 0.408 e. The lowest BCUT2D eigenvalue weighted by molar-refractivity contribution is 0.0500. The van der Waals surface area contributed by atoms with Crippen LogP contribution in [0.15, 0.2) is 41.6 Å². The van der Waals surface area contributed by atoms with Crippen LogP contribution in [0, 0.1) is 0 Å². The number of carbonyl (C=O) groups excluding carboxylic acids is 2. The number of sulfone groups is 1. The minimum absolute atomic E-state index is 0.0220. The van der Waals surface area contributed by atoms with Gasteiger partial charge in [-0.15, -0.1) is 0 Å². The fourth-order valence-electron chi connectivity index (χ4n) is 3.06. The van der Waals surface area contributed by atoms with Gasteiger partial charge in [-0.05, 0) is 57.0 Å². The van der Waals surface area contributed by atoms with E-state index >= 15 is 0 Å². The van der Waals surface area contributed by atoms with Crippen molar-refractivity contribution in [3.05, 3.63) is 52.8 Å². The van der Waals surface area contributed by atoms with Crippen molar-refractivity contribution in [2.24, 2.45) is 0 Å². The van der Waals surface area contributed by atoms with Crippen molar-refractivity contribution in [2.75, 3.05) is 11.1 Å². The Bertz CT molecular complexity index is 1080. The predicted molar refractivity (Wildman–Crippen MR) is 112 cm³/mol. The normalized spacial score (nSPS) is 17.5. The lowest BCUT2D eigenvalue weighted by atomic mass is 10.0. The van der Waals surface area contributed by atoms with E-state index in [1.165, 1.54) is 24.5 Å². The topological polar surface area (TPSA) is 114 Å². The Balaban J connectivity index is 1.93. The van der Waals surface area contributed by atoms with Crippen LogP contribution in [-0.4, -0.2) is 36.8 Å². The number of anilines is 1. The molecule has 0 bridgehead atoms. The Morgan fingerprint density at radius 2 is 1.87 bits per heavy atom. The molecule has 10 heteroatoms. The number of ether oxygens (including phenoxy) is 1. The summed E-state index contributed by atoms with van der Waals surface area (Å²) in [5.74, 6) is -0.723. The van der Waals surface area contributed by atoms with Gasteiger partial charge in [-0.25, -0.2) is 13.2 Å². The molecule has 2 N–H and O–H groups in total. The fraction of sp³-hybridized carbons (Fsp3) is 0.350. The molecule has 0 radical (unpaired) electrons. The molecule has 2 heterocycles. The molecule has 1 aromatic heterocycles. The number of fused-ring (bicyclic) bond motifs is 1. The van der Waals surface area contributed by atoms with Gasteiger partial charge in [0, 0.05) is 18.1 Å². The summed E-state index contributed by atoms with van der Waals surface area (Å²) in [6, 6.07) is 5.26. The Morgan fingerprint density at radius 3 is 2.50 bits per heavy atom. The van der Waals surface area contributed by atoms with Crippen LogP contribution in [0.25, 0.3) is 0 Å². The number of carbonyl (C=O) groups is 2. The number of rotatable bonds is 3. The number of nitrogens with zero attached hydrogens (tertiary/aromatic N) is 1. The molecule has 1 aliphatic heterocycles. The highest BCUT2D eigenvalue weighted by molar-refractivity contribution is 7.91. The van der Waals surface area contributed by atoms with E-state index in [-0.39, 0.29) is 27.7 Å². The molecule has 0 spiro atoms. The fourth-order valence-corrected chi connectivity index (χ4v) is 4.94. The molecule has 3 rings (SSSR count). The highest BCUT2D eigenvalue weighted by Crippen LogP contribution is 2.36. The van der Waals surface area contributed by atoms with Crippen molar-refractivity contribution in [3.63, 3.8) is 0 Å². The monoisotopic (exact) mass is 451 g/mol. The Hall–Kier alpha value is -2.65. The van der Waals surface area contributed by atoms with Crippen molar-refractivity contribution in [3.8, 4) is 0 Å². The summed E-state index contributed by atoms with van der Waals surface area (Å²) in [5.41, 5.74) is 0.155. The number of alkyl carbamates (subject to hydrolysis) is 1. The maximum absolute atomic E-state index is 12.7. The van der Waals surface area contributed by atoms with Crippen LogP contribution in [0.3, 0.4) is 0 Å². The second kappa shape index (κ2) is 8.23. The van der Waals surface area contributed by atoms with E-state index in [1.54, 1.807) is 32.9 Å². The van der Waals surface area contributed by atoms with Crippen molar-refractivity contribution >= 4 is 39.1 Å². The molecule has 2 amide bonds. The van der Waals surface area contributed by atoms with E-state index in [9.17, 15) is 18.0 Å².